The molecule has 0 aromatic heterocycles. The molecule has 0 atom stereocenters. The number of amides is 3. The fraction of sp³-hybridized carbons (Fsp3) is 0.429. The van der Waals surface area contributed by atoms with Crippen LogP contribution in [0.25, 0.3) is 0 Å². The summed E-state index contributed by atoms with van der Waals surface area (Å²) in [5.41, 5.74) is 0.717. The van der Waals surface area contributed by atoms with Crippen LogP contribution in [0.4, 0.5) is 10.5 Å². The number of halogens is 1. The summed E-state index contributed by atoms with van der Waals surface area (Å²) < 4.78 is 6.17. The quantitative estimate of drug-likeness (QED) is 0.799. The number of hydrogen-bond acceptors (Lipinski definition) is 3. The molecule has 0 bridgehead atoms. The normalized spacial score (nSPS) is 21.4. The number of benzene rings is 1. The lowest BCUT2D eigenvalue weighted by molar-refractivity contribution is -0.125. The molecule has 0 radical (unpaired) electrons. The van der Waals surface area contributed by atoms with E-state index < -0.39 is 5.54 Å². The first-order valence-corrected chi connectivity index (χ1v) is 7.34. The molecule has 0 aliphatic carbocycles. The minimum absolute atomic E-state index is 0.174. The summed E-state index contributed by atoms with van der Waals surface area (Å²) in [6.07, 6.45) is 1.06. The van der Waals surface area contributed by atoms with Crippen LogP contribution in [-0.4, -0.2) is 30.7 Å². The SMILES string of the molecule is Cc1c(Br)cccc1N1C(=O)NC2(CCOCC2)C1=O. The van der Waals surface area contributed by atoms with Crippen LogP contribution in [0, 0.1) is 6.92 Å². The molecule has 6 heteroatoms. The third-order valence-corrected chi connectivity index (χ3v) is 4.85. The van der Waals surface area contributed by atoms with E-state index in [0.717, 1.165) is 10.0 Å². The zero-order valence-corrected chi connectivity index (χ0v) is 12.7. The standard InChI is InChI=1S/C14H15BrN2O3/c1-9-10(15)3-2-4-11(9)17-12(18)14(16-13(17)19)5-7-20-8-6-14/h2-4H,5-8H2,1H3,(H,16,19). The van der Waals surface area contributed by atoms with Gasteiger partial charge in [-0.2, -0.15) is 0 Å². The van der Waals surface area contributed by atoms with E-state index >= 15 is 0 Å². The number of carbonyl (C=O) groups excluding carboxylic acids is 2. The van der Waals surface area contributed by atoms with Crippen LogP contribution < -0.4 is 10.2 Å². The molecule has 2 aliphatic rings. The number of rotatable bonds is 1. The third-order valence-electron chi connectivity index (χ3n) is 3.99. The average Bonchev–Trinajstić information content (AvgIpc) is 2.66. The lowest BCUT2D eigenvalue weighted by atomic mass is 9.90. The Labute approximate surface area is 125 Å². The minimum Gasteiger partial charge on any atom is -0.381 e. The molecule has 5 nitrogen and oxygen atoms in total. The van der Waals surface area contributed by atoms with Gasteiger partial charge in [0.15, 0.2) is 0 Å². The maximum Gasteiger partial charge on any atom is 0.329 e. The van der Waals surface area contributed by atoms with E-state index in [0.29, 0.717) is 31.7 Å². The van der Waals surface area contributed by atoms with Gasteiger partial charge in [-0.25, -0.2) is 9.69 Å². The minimum atomic E-state index is -0.788. The van der Waals surface area contributed by atoms with Crippen LogP contribution >= 0.6 is 15.9 Å². The van der Waals surface area contributed by atoms with Gasteiger partial charge in [0.1, 0.15) is 5.54 Å². The first-order chi connectivity index (χ1) is 9.55. The van der Waals surface area contributed by atoms with Gasteiger partial charge in [0.2, 0.25) is 0 Å². The average molecular weight is 339 g/mol. The van der Waals surface area contributed by atoms with E-state index in [2.05, 4.69) is 21.2 Å². The van der Waals surface area contributed by atoms with Gasteiger partial charge in [-0.1, -0.05) is 22.0 Å². The summed E-state index contributed by atoms with van der Waals surface area (Å²) in [6.45, 7) is 2.88. The molecule has 106 valence electrons. The predicted octanol–water partition coefficient (Wildman–Crippen LogP) is 2.36. The Kier molecular flexibility index (Phi) is 3.30. The Morgan fingerprint density at radius 2 is 2.00 bits per heavy atom. The second-order valence-electron chi connectivity index (χ2n) is 5.15. The van der Waals surface area contributed by atoms with Crippen molar-refractivity contribution in [2.24, 2.45) is 0 Å². The van der Waals surface area contributed by atoms with Crippen LogP contribution in [0.5, 0.6) is 0 Å². The Hall–Kier alpha value is -1.40. The van der Waals surface area contributed by atoms with Crippen LogP contribution in [0.1, 0.15) is 18.4 Å². The molecule has 1 spiro atoms. The number of urea groups is 1. The number of anilines is 1. The Morgan fingerprint density at radius 3 is 2.70 bits per heavy atom. The molecule has 2 aliphatic heterocycles. The smallest absolute Gasteiger partial charge is 0.329 e. The zero-order chi connectivity index (χ0) is 14.3. The lowest BCUT2D eigenvalue weighted by Gasteiger charge is -2.30. The summed E-state index contributed by atoms with van der Waals surface area (Å²) >= 11 is 3.43. The van der Waals surface area contributed by atoms with Crippen molar-refractivity contribution in [2.75, 3.05) is 18.1 Å². The Bertz CT molecular complexity index is 582. The second kappa shape index (κ2) is 4.86. The van der Waals surface area contributed by atoms with E-state index in [1.165, 1.54) is 4.90 Å². The highest BCUT2D eigenvalue weighted by Gasteiger charge is 2.52. The van der Waals surface area contributed by atoms with E-state index in [-0.39, 0.29) is 11.9 Å². The Balaban J connectivity index is 2.00. The van der Waals surface area contributed by atoms with Gasteiger partial charge < -0.3 is 10.1 Å². The van der Waals surface area contributed by atoms with Gasteiger partial charge >= 0.3 is 6.03 Å². The van der Waals surface area contributed by atoms with Gasteiger partial charge in [-0.3, -0.25) is 4.79 Å². The predicted molar refractivity (Wildman–Crippen MR) is 77.7 cm³/mol. The fourth-order valence-corrected chi connectivity index (χ4v) is 3.09. The van der Waals surface area contributed by atoms with Crippen molar-refractivity contribution in [3.63, 3.8) is 0 Å². The monoisotopic (exact) mass is 338 g/mol. The summed E-state index contributed by atoms with van der Waals surface area (Å²) in [4.78, 5) is 26.2. The van der Waals surface area contributed by atoms with Gasteiger partial charge in [0.05, 0.1) is 5.69 Å². The number of carbonyl (C=O) groups is 2. The molecular formula is C14H15BrN2O3. The molecule has 1 N–H and O–H groups in total. The molecule has 3 rings (SSSR count). The van der Waals surface area contributed by atoms with E-state index in [9.17, 15) is 9.59 Å². The second-order valence-corrected chi connectivity index (χ2v) is 6.00. The molecule has 1 aromatic rings. The van der Waals surface area contributed by atoms with Gasteiger partial charge in [-0.15, -0.1) is 0 Å². The first kappa shape index (κ1) is 13.6. The first-order valence-electron chi connectivity index (χ1n) is 6.55. The molecule has 2 saturated heterocycles. The van der Waals surface area contributed by atoms with Crippen molar-refractivity contribution in [3.8, 4) is 0 Å². The van der Waals surface area contributed by atoms with Crippen molar-refractivity contribution < 1.29 is 14.3 Å². The summed E-state index contributed by atoms with van der Waals surface area (Å²) in [5.74, 6) is -0.174. The van der Waals surface area contributed by atoms with E-state index in [4.69, 9.17) is 4.74 Å². The van der Waals surface area contributed by atoms with Crippen LogP contribution in [0.2, 0.25) is 0 Å². The maximum absolute atomic E-state index is 12.7. The number of nitrogens with zero attached hydrogens (tertiary/aromatic N) is 1. The highest BCUT2D eigenvalue weighted by Crippen LogP contribution is 2.34. The lowest BCUT2D eigenvalue weighted by Crippen LogP contribution is -2.51. The van der Waals surface area contributed by atoms with Crippen molar-refractivity contribution in [1.29, 1.82) is 0 Å². The Morgan fingerprint density at radius 1 is 1.30 bits per heavy atom. The highest BCUT2D eigenvalue weighted by atomic mass is 79.9. The van der Waals surface area contributed by atoms with Gasteiger partial charge in [0.25, 0.3) is 5.91 Å². The summed E-state index contributed by atoms with van der Waals surface area (Å²) in [5, 5.41) is 2.86. The molecule has 2 heterocycles. The van der Waals surface area contributed by atoms with Crippen molar-refractivity contribution in [2.45, 2.75) is 25.3 Å². The molecule has 2 fully saturated rings. The topological polar surface area (TPSA) is 58.6 Å². The van der Waals surface area contributed by atoms with Crippen LogP contribution in [0.3, 0.4) is 0 Å². The van der Waals surface area contributed by atoms with Crippen molar-refractivity contribution in [3.05, 3.63) is 28.2 Å². The largest absolute Gasteiger partial charge is 0.381 e. The molecule has 0 unspecified atom stereocenters. The van der Waals surface area contributed by atoms with Crippen LogP contribution in [-0.2, 0) is 9.53 Å². The van der Waals surface area contributed by atoms with E-state index in [1.54, 1.807) is 6.07 Å². The molecule has 20 heavy (non-hydrogen) atoms. The third kappa shape index (κ3) is 1.94. The van der Waals surface area contributed by atoms with Crippen LogP contribution in [0.15, 0.2) is 22.7 Å². The molecular weight excluding hydrogens is 324 g/mol. The van der Waals surface area contributed by atoms with Gasteiger partial charge in [-0.05, 0) is 24.6 Å². The van der Waals surface area contributed by atoms with Crippen molar-refractivity contribution in [1.82, 2.24) is 5.32 Å². The van der Waals surface area contributed by atoms with Gasteiger partial charge in [0, 0.05) is 30.5 Å². The van der Waals surface area contributed by atoms with Crippen molar-refractivity contribution >= 4 is 33.6 Å². The molecule has 0 saturated carbocycles. The number of ether oxygens (including phenoxy) is 1. The number of imide groups is 1. The zero-order valence-electron chi connectivity index (χ0n) is 11.1. The fourth-order valence-electron chi connectivity index (χ4n) is 2.74. The maximum atomic E-state index is 12.7. The summed E-state index contributed by atoms with van der Waals surface area (Å²) in [7, 11) is 0. The number of hydrogen-bond donors (Lipinski definition) is 1. The number of nitrogens with one attached hydrogen (secondary N) is 1. The molecule has 1 aromatic carbocycles. The summed E-state index contributed by atoms with van der Waals surface area (Å²) in [6, 6.07) is 5.15. The van der Waals surface area contributed by atoms with E-state index in [1.807, 2.05) is 19.1 Å². The molecule has 3 amide bonds. The highest BCUT2D eigenvalue weighted by molar-refractivity contribution is 9.10.